The third-order valence-electron chi connectivity index (χ3n) is 3.28. The summed E-state index contributed by atoms with van der Waals surface area (Å²) in [6.07, 6.45) is 1.90. The lowest BCUT2D eigenvalue weighted by molar-refractivity contribution is 0.0500. The largest absolute Gasteiger partial charge is 0.382 e. The monoisotopic (exact) mass is 274 g/mol. The van der Waals surface area contributed by atoms with Gasteiger partial charge in [0.1, 0.15) is 5.70 Å². The summed E-state index contributed by atoms with van der Waals surface area (Å²) in [4.78, 5) is 16.7. The molecule has 108 valence electrons. The number of hydrogen-bond donors (Lipinski definition) is 0. The second-order valence-corrected chi connectivity index (χ2v) is 5.27. The number of carbonyl (C=O) groups is 1. The molecule has 2 rings (SSSR count). The number of rotatable bonds is 4. The first-order chi connectivity index (χ1) is 9.58. The number of hydrogen-bond acceptors (Lipinski definition) is 4. The van der Waals surface area contributed by atoms with E-state index in [-0.39, 0.29) is 5.78 Å². The lowest BCUT2D eigenvalue weighted by Crippen LogP contribution is -2.38. The maximum atomic E-state index is 12.7. The zero-order valence-corrected chi connectivity index (χ0v) is 12.4. The highest BCUT2D eigenvalue weighted by Crippen LogP contribution is 2.16. The summed E-state index contributed by atoms with van der Waals surface area (Å²) in [5.74, 6) is 0.0700. The normalized spacial score (nSPS) is 16.1. The second-order valence-electron chi connectivity index (χ2n) is 5.27. The van der Waals surface area contributed by atoms with Gasteiger partial charge < -0.3 is 14.5 Å². The number of Topliss-reactive ketones (excluding diaryl/α,β-unsaturated/α-hetero) is 1. The number of ketones is 1. The lowest BCUT2D eigenvalue weighted by atomic mass is 10.1. The summed E-state index contributed by atoms with van der Waals surface area (Å²) in [5, 5.41) is 0. The predicted molar refractivity (Wildman–Crippen MR) is 79.7 cm³/mol. The first-order valence-corrected chi connectivity index (χ1v) is 6.90. The van der Waals surface area contributed by atoms with Crippen molar-refractivity contribution in [3.8, 4) is 0 Å². The third-order valence-corrected chi connectivity index (χ3v) is 3.28. The van der Waals surface area contributed by atoms with Crippen LogP contribution in [-0.2, 0) is 4.74 Å². The summed E-state index contributed by atoms with van der Waals surface area (Å²) in [5.41, 5.74) is 2.63. The average Bonchev–Trinajstić information content (AvgIpc) is 2.45. The number of benzene rings is 1. The Kier molecular flexibility index (Phi) is 4.79. The van der Waals surface area contributed by atoms with Crippen LogP contribution in [0.3, 0.4) is 0 Å². The fraction of sp³-hybridized carbons (Fsp3) is 0.438. The molecule has 1 aliphatic heterocycles. The highest BCUT2D eigenvalue weighted by molar-refractivity contribution is 6.08. The Bertz CT molecular complexity index is 486. The van der Waals surface area contributed by atoms with Crippen LogP contribution in [0, 0.1) is 6.92 Å². The zero-order valence-electron chi connectivity index (χ0n) is 12.4. The fourth-order valence-corrected chi connectivity index (χ4v) is 2.19. The summed E-state index contributed by atoms with van der Waals surface area (Å²) < 4.78 is 5.36. The van der Waals surface area contributed by atoms with Crippen molar-refractivity contribution in [2.45, 2.75) is 6.92 Å². The van der Waals surface area contributed by atoms with Crippen molar-refractivity contribution in [1.29, 1.82) is 0 Å². The van der Waals surface area contributed by atoms with Gasteiger partial charge in [0.15, 0.2) is 0 Å². The number of aryl methyl sites for hydroxylation is 1. The Balaban J connectivity index is 2.26. The predicted octanol–water partition coefficient (Wildman–Crippen LogP) is 1.91. The Morgan fingerprint density at radius 2 is 1.80 bits per heavy atom. The van der Waals surface area contributed by atoms with E-state index in [9.17, 15) is 4.79 Å². The number of carbonyl (C=O) groups excluding carboxylic acids is 1. The van der Waals surface area contributed by atoms with E-state index >= 15 is 0 Å². The molecule has 4 heteroatoms. The minimum absolute atomic E-state index is 0.0700. The van der Waals surface area contributed by atoms with Crippen molar-refractivity contribution >= 4 is 5.78 Å². The van der Waals surface area contributed by atoms with E-state index in [4.69, 9.17) is 4.74 Å². The minimum atomic E-state index is 0.0700. The zero-order chi connectivity index (χ0) is 14.5. The Hall–Kier alpha value is -1.81. The van der Waals surface area contributed by atoms with Crippen molar-refractivity contribution < 1.29 is 9.53 Å². The highest BCUT2D eigenvalue weighted by Gasteiger charge is 2.21. The molecular formula is C16H22N2O2. The van der Waals surface area contributed by atoms with Crippen molar-refractivity contribution in [3.05, 3.63) is 47.3 Å². The molecule has 0 atom stereocenters. The molecule has 0 N–H and O–H groups in total. The van der Waals surface area contributed by atoms with Gasteiger partial charge >= 0.3 is 0 Å². The third kappa shape index (κ3) is 3.61. The van der Waals surface area contributed by atoms with Gasteiger partial charge in [0.05, 0.1) is 13.2 Å². The van der Waals surface area contributed by atoms with Crippen molar-refractivity contribution in [2.24, 2.45) is 0 Å². The molecule has 0 aromatic heterocycles. The Labute approximate surface area is 120 Å². The summed E-state index contributed by atoms with van der Waals surface area (Å²) in [6, 6.07) is 7.73. The van der Waals surface area contributed by atoms with Crippen LogP contribution in [0.5, 0.6) is 0 Å². The maximum Gasteiger partial charge on any atom is 0.210 e. The molecular weight excluding hydrogens is 252 g/mol. The van der Waals surface area contributed by atoms with Crippen LogP contribution in [0.4, 0.5) is 0 Å². The number of allylic oxidation sites excluding steroid dienone is 1. The van der Waals surface area contributed by atoms with Gasteiger partial charge in [-0.2, -0.15) is 0 Å². The average molecular weight is 274 g/mol. The highest BCUT2D eigenvalue weighted by atomic mass is 16.5. The van der Waals surface area contributed by atoms with Crippen LogP contribution in [0.1, 0.15) is 15.9 Å². The van der Waals surface area contributed by atoms with Gasteiger partial charge in [-0.05, 0) is 6.92 Å². The molecule has 0 amide bonds. The molecule has 0 spiro atoms. The molecule has 1 aliphatic rings. The van der Waals surface area contributed by atoms with Gasteiger partial charge in [-0.1, -0.05) is 29.8 Å². The van der Waals surface area contributed by atoms with Gasteiger partial charge in [0.25, 0.3) is 0 Å². The first kappa shape index (κ1) is 14.6. The quantitative estimate of drug-likeness (QED) is 0.620. The van der Waals surface area contributed by atoms with E-state index in [1.165, 1.54) is 0 Å². The van der Waals surface area contributed by atoms with E-state index < -0.39 is 0 Å². The molecule has 1 heterocycles. The molecule has 20 heavy (non-hydrogen) atoms. The van der Waals surface area contributed by atoms with E-state index in [0.717, 1.165) is 29.9 Å². The molecule has 0 saturated carbocycles. The lowest BCUT2D eigenvalue weighted by Gasteiger charge is -2.31. The van der Waals surface area contributed by atoms with Gasteiger partial charge in [-0.3, -0.25) is 4.79 Å². The fourth-order valence-electron chi connectivity index (χ4n) is 2.19. The van der Waals surface area contributed by atoms with E-state index in [1.807, 2.05) is 56.4 Å². The van der Waals surface area contributed by atoms with Gasteiger partial charge in [-0.15, -0.1) is 0 Å². The van der Waals surface area contributed by atoms with E-state index in [0.29, 0.717) is 13.2 Å². The minimum Gasteiger partial charge on any atom is -0.382 e. The van der Waals surface area contributed by atoms with Crippen molar-refractivity contribution in [2.75, 3.05) is 40.4 Å². The summed E-state index contributed by atoms with van der Waals surface area (Å²) in [7, 11) is 3.87. The van der Waals surface area contributed by atoms with Crippen LogP contribution in [0.25, 0.3) is 0 Å². The molecule has 0 bridgehead atoms. The molecule has 1 aromatic carbocycles. The van der Waals surface area contributed by atoms with Gasteiger partial charge in [0.2, 0.25) is 5.78 Å². The van der Waals surface area contributed by atoms with Crippen LogP contribution in [0.2, 0.25) is 0 Å². The number of morpholine rings is 1. The van der Waals surface area contributed by atoms with Crippen LogP contribution in [0.15, 0.2) is 36.2 Å². The van der Waals surface area contributed by atoms with Crippen LogP contribution >= 0.6 is 0 Å². The van der Waals surface area contributed by atoms with Crippen LogP contribution < -0.4 is 0 Å². The Morgan fingerprint density at radius 3 is 2.35 bits per heavy atom. The van der Waals surface area contributed by atoms with Gasteiger partial charge in [0, 0.05) is 38.9 Å². The molecule has 1 aromatic rings. The van der Waals surface area contributed by atoms with Gasteiger partial charge in [-0.25, -0.2) is 0 Å². The SMILES string of the molecule is Cc1ccc(C(=O)/C(=C/N(C)C)N2CCOCC2)cc1. The van der Waals surface area contributed by atoms with Crippen molar-refractivity contribution in [3.63, 3.8) is 0 Å². The van der Waals surface area contributed by atoms with E-state index in [1.54, 1.807) is 0 Å². The molecule has 0 aliphatic carbocycles. The summed E-state index contributed by atoms with van der Waals surface area (Å²) >= 11 is 0. The van der Waals surface area contributed by atoms with Crippen LogP contribution in [-0.4, -0.2) is 56.0 Å². The number of ether oxygens (including phenoxy) is 1. The molecule has 4 nitrogen and oxygen atoms in total. The number of nitrogens with zero attached hydrogens (tertiary/aromatic N) is 2. The van der Waals surface area contributed by atoms with Crippen molar-refractivity contribution in [1.82, 2.24) is 9.80 Å². The smallest absolute Gasteiger partial charge is 0.210 e. The topological polar surface area (TPSA) is 32.8 Å². The summed E-state index contributed by atoms with van der Waals surface area (Å²) in [6.45, 7) is 4.89. The Morgan fingerprint density at radius 1 is 1.20 bits per heavy atom. The molecule has 0 radical (unpaired) electrons. The first-order valence-electron chi connectivity index (χ1n) is 6.90. The molecule has 1 saturated heterocycles. The molecule has 0 unspecified atom stereocenters. The van der Waals surface area contributed by atoms with E-state index in [2.05, 4.69) is 4.90 Å². The second kappa shape index (κ2) is 6.57. The molecule has 1 fully saturated rings. The standard InChI is InChI=1S/C16H22N2O2/c1-13-4-6-14(7-5-13)16(19)15(12-17(2)3)18-8-10-20-11-9-18/h4-7,12H,8-11H2,1-3H3/b15-12-. The maximum absolute atomic E-state index is 12.7.